The third-order valence-corrected chi connectivity index (χ3v) is 5.63. The van der Waals surface area contributed by atoms with Crippen molar-refractivity contribution in [1.29, 1.82) is 0 Å². The highest BCUT2D eigenvalue weighted by atomic mass is 79.9. The summed E-state index contributed by atoms with van der Waals surface area (Å²) in [6.07, 6.45) is 6.85. The number of hydrogen-bond donors (Lipinski definition) is 0. The standard InChI is InChI=1S/C21H22BrNOS/c1-2-3-4-5-14-24-19-12-8-17(9-13-19)21-23-15-20(25-21)16-6-10-18(22)11-7-16/h6-13,15H,2-5,14H2,1H3. The summed E-state index contributed by atoms with van der Waals surface area (Å²) in [6, 6.07) is 16.6. The molecule has 2 nitrogen and oxygen atoms in total. The quantitative estimate of drug-likeness (QED) is 0.362. The highest BCUT2D eigenvalue weighted by Crippen LogP contribution is 2.33. The normalized spacial score (nSPS) is 10.8. The lowest BCUT2D eigenvalue weighted by Gasteiger charge is -2.06. The summed E-state index contributed by atoms with van der Waals surface area (Å²) in [5.41, 5.74) is 2.32. The number of aromatic nitrogens is 1. The first-order valence-corrected chi connectivity index (χ1v) is 10.3. The van der Waals surface area contributed by atoms with Gasteiger partial charge in [0.15, 0.2) is 0 Å². The van der Waals surface area contributed by atoms with Crippen molar-refractivity contribution in [3.05, 3.63) is 59.2 Å². The van der Waals surface area contributed by atoms with E-state index in [0.29, 0.717) is 0 Å². The van der Waals surface area contributed by atoms with Crippen molar-refractivity contribution in [2.24, 2.45) is 0 Å². The fourth-order valence-electron chi connectivity index (χ4n) is 2.57. The third kappa shape index (κ3) is 5.16. The van der Waals surface area contributed by atoms with Gasteiger partial charge in [0.1, 0.15) is 10.8 Å². The molecule has 4 heteroatoms. The lowest BCUT2D eigenvalue weighted by Crippen LogP contribution is -1.96. The molecule has 0 saturated carbocycles. The van der Waals surface area contributed by atoms with E-state index in [-0.39, 0.29) is 0 Å². The largest absolute Gasteiger partial charge is 0.494 e. The number of benzene rings is 2. The van der Waals surface area contributed by atoms with Crippen molar-refractivity contribution in [1.82, 2.24) is 4.98 Å². The molecule has 0 unspecified atom stereocenters. The summed E-state index contributed by atoms with van der Waals surface area (Å²) < 4.78 is 6.90. The number of nitrogens with zero attached hydrogens (tertiary/aromatic N) is 1. The molecule has 0 radical (unpaired) electrons. The number of hydrogen-bond acceptors (Lipinski definition) is 3. The molecule has 0 aliphatic carbocycles. The van der Waals surface area contributed by atoms with Crippen molar-refractivity contribution < 1.29 is 4.74 Å². The van der Waals surface area contributed by atoms with Crippen molar-refractivity contribution in [2.75, 3.05) is 6.61 Å². The molecule has 0 bridgehead atoms. The van der Waals surface area contributed by atoms with Gasteiger partial charge in [-0.25, -0.2) is 4.98 Å². The topological polar surface area (TPSA) is 22.1 Å². The van der Waals surface area contributed by atoms with Crippen LogP contribution in [0.3, 0.4) is 0 Å². The zero-order valence-electron chi connectivity index (χ0n) is 14.4. The van der Waals surface area contributed by atoms with Crippen LogP contribution in [0.1, 0.15) is 32.6 Å². The smallest absolute Gasteiger partial charge is 0.123 e. The molecule has 1 aromatic heterocycles. The van der Waals surface area contributed by atoms with Crippen LogP contribution in [0.4, 0.5) is 0 Å². The molecule has 0 fully saturated rings. The second kappa shape index (κ2) is 9.16. The summed E-state index contributed by atoms with van der Waals surface area (Å²) >= 11 is 5.18. The highest BCUT2D eigenvalue weighted by Gasteiger charge is 2.07. The van der Waals surface area contributed by atoms with Crippen LogP contribution in [0, 0.1) is 0 Å². The van der Waals surface area contributed by atoms with Crippen molar-refractivity contribution in [3.8, 4) is 26.8 Å². The fourth-order valence-corrected chi connectivity index (χ4v) is 3.76. The molecule has 25 heavy (non-hydrogen) atoms. The van der Waals surface area contributed by atoms with Gasteiger partial charge < -0.3 is 4.74 Å². The number of unbranched alkanes of at least 4 members (excludes halogenated alkanes) is 3. The second-order valence-corrected chi connectivity index (χ2v) is 7.92. The number of ether oxygens (including phenoxy) is 1. The average Bonchev–Trinajstić information content (AvgIpc) is 3.13. The molecule has 3 aromatic rings. The zero-order chi connectivity index (χ0) is 17.5. The van der Waals surface area contributed by atoms with E-state index < -0.39 is 0 Å². The van der Waals surface area contributed by atoms with Crippen LogP contribution < -0.4 is 4.74 Å². The Morgan fingerprint density at radius 3 is 2.36 bits per heavy atom. The molecular weight excluding hydrogens is 394 g/mol. The molecule has 2 aromatic carbocycles. The first-order valence-electron chi connectivity index (χ1n) is 8.71. The molecule has 0 aliphatic rings. The van der Waals surface area contributed by atoms with Crippen molar-refractivity contribution in [2.45, 2.75) is 32.6 Å². The van der Waals surface area contributed by atoms with E-state index in [4.69, 9.17) is 4.74 Å². The van der Waals surface area contributed by atoms with Gasteiger partial charge in [0.25, 0.3) is 0 Å². The van der Waals surface area contributed by atoms with Gasteiger partial charge in [0, 0.05) is 16.2 Å². The SMILES string of the molecule is CCCCCCOc1ccc(-c2ncc(-c3ccc(Br)cc3)s2)cc1. The minimum absolute atomic E-state index is 0.796. The molecule has 0 atom stereocenters. The fraction of sp³-hybridized carbons (Fsp3) is 0.286. The Labute approximate surface area is 162 Å². The molecule has 3 rings (SSSR count). The van der Waals surface area contributed by atoms with E-state index in [9.17, 15) is 0 Å². The number of halogens is 1. The van der Waals surface area contributed by atoms with Gasteiger partial charge in [-0.15, -0.1) is 11.3 Å². The monoisotopic (exact) mass is 415 g/mol. The van der Waals surface area contributed by atoms with E-state index in [2.05, 4.69) is 64.2 Å². The van der Waals surface area contributed by atoms with Gasteiger partial charge in [-0.05, 0) is 48.4 Å². The summed E-state index contributed by atoms with van der Waals surface area (Å²) in [7, 11) is 0. The van der Waals surface area contributed by atoms with Crippen LogP contribution in [-0.4, -0.2) is 11.6 Å². The molecular formula is C21H22BrNOS. The predicted octanol–water partition coefficient (Wildman–Crippen LogP) is 7.20. The van der Waals surface area contributed by atoms with Crippen LogP contribution in [-0.2, 0) is 0 Å². The Kier molecular flexibility index (Phi) is 6.65. The second-order valence-electron chi connectivity index (χ2n) is 5.97. The lowest BCUT2D eigenvalue weighted by atomic mass is 10.2. The average molecular weight is 416 g/mol. The molecule has 130 valence electrons. The predicted molar refractivity (Wildman–Crippen MR) is 110 cm³/mol. The lowest BCUT2D eigenvalue weighted by molar-refractivity contribution is 0.305. The number of thiazole rings is 1. The molecule has 0 aliphatic heterocycles. The van der Waals surface area contributed by atoms with E-state index >= 15 is 0 Å². The summed E-state index contributed by atoms with van der Waals surface area (Å²) in [5, 5.41) is 1.03. The Balaban J connectivity index is 1.62. The van der Waals surface area contributed by atoms with E-state index in [0.717, 1.165) is 33.8 Å². The van der Waals surface area contributed by atoms with Crippen molar-refractivity contribution >= 4 is 27.3 Å². The highest BCUT2D eigenvalue weighted by molar-refractivity contribution is 9.10. The zero-order valence-corrected chi connectivity index (χ0v) is 16.8. The minimum Gasteiger partial charge on any atom is -0.494 e. The number of rotatable bonds is 8. The Hall–Kier alpha value is -1.65. The van der Waals surface area contributed by atoms with E-state index in [1.54, 1.807) is 11.3 Å². The molecule has 0 spiro atoms. The Morgan fingerprint density at radius 1 is 0.920 bits per heavy atom. The van der Waals surface area contributed by atoms with Gasteiger partial charge in [0.05, 0.1) is 11.5 Å². The third-order valence-electron chi connectivity index (χ3n) is 4.00. The van der Waals surface area contributed by atoms with E-state index in [1.165, 1.54) is 29.7 Å². The molecule has 1 heterocycles. The van der Waals surface area contributed by atoms with Gasteiger partial charge >= 0.3 is 0 Å². The van der Waals surface area contributed by atoms with Crippen LogP contribution in [0.5, 0.6) is 5.75 Å². The summed E-state index contributed by atoms with van der Waals surface area (Å²) in [5.74, 6) is 0.935. The van der Waals surface area contributed by atoms with Gasteiger partial charge in [0.2, 0.25) is 0 Å². The first-order chi connectivity index (χ1) is 12.3. The maximum absolute atomic E-state index is 5.81. The van der Waals surface area contributed by atoms with Crippen LogP contribution >= 0.6 is 27.3 Å². The van der Waals surface area contributed by atoms with Crippen LogP contribution in [0.25, 0.3) is 21.0 Å². The Morgan fingerprint density at radius 2 is 1.64 bits per heavy atom. The maximum atomic E-state index is 5.81. The van der Waals surface area contributed by atoms with E-state index in [1.807, 2.05) is 18.3 Å². The van der Waals surface area contributed by atoms with Gasteiger partial charge in [-0.3, -0.25) is 0 Å². The summed E-state index contributed by atoms with van der Waals surface area (Å²) in [6.45, 7) is 3.02. The summed E-state index contributed by atoms with van der Waals surface area (Å²) in [4.78, 5) is 5.76. The first kappa shape index (κ1) is 18.2. The molecule has 0 N–H and O–H groups in total. The minimum atomic E-state index is 0.796. The van der Waals surface area contributed by atoms with Gasteiger partial charge in [-0.2, -0.15) is 0 Å². The van der Waals surface area contributed by atoms with Gasteiger partial charge in [-0.1, -0.05) is 54.2 Å². The van der Waals surface area contributed by atoms with Crippen molar-refractivity contribution in [3.63, 3.8) is 0 Å². The maximum Gasteiger partial charge on any atom is 0.123 e. The molecule has 0 amide bonds. The Bertz CT molecular complexity index is 780. The molecule has 0 saturated heterocycles. The van der Waals surface area contributed by atoms with Crippen LogP contribution in [0.2, 0.25) is 0 Å². The van der Waals surface area contributed by atoms with Crippen LogP contribution in [0.15, 0.2) is 59.2 Å².